The Bertz CT molecular complexity index is 926. The van der Waals surface area contributed by atoms with Crippen LogP contribution < -0.4 is 10.6 Å². The maximum Gasteiger partial charge on any atom is 0.191 e. The van der Waals surface area contributed by atoms with Crippen LogP contribution >= 0.6 is 0 Å². The first-order chi connectivity index (χ1) is 14.2. The molecule has 0 radical (unpaired) electrons. The number of imidazole rings is 1. The van der Waals surface area contributed by atoms with Crippen LogP contribution in [-0.4, -0.2) is 46.6 Å². The average Bonchev–Trinajstić information content (AvgIpc) is 3.27. The van der Waals surface area contributed by atoms with E-state index in [4.69, 9.17) is 5.73 Å². The second-order valence-corrected chi connectivity index (χ2v) is 7.18. The maximum atomic E-state index is 13.1. The lowest BCUT2D eigenvalue weighted by molar-refractivity contribution is 0.380. The largest absolute Gasteiger partial charge is 0.370 e. The Labute approximate surface area is 170 Å². The van der Waals surface area contributed by atoms with Crippen LogP contribution in [0, 0.1) is 5.82 Å². The molecule has 7 heteroatoms. The second kappa shape index (κ2) is 8.77. The number of nitrogens with zero attached hydrogens (tertiary/aromatic N) is 5. The normalized spacial score (nSPS) is 15.0. The predicted molar refractivity (Wildman–Crippen MR) is 113 cm³/mol. The van der Waals surface area contributed by atoms with Crippen molar-refractivity contribution in [1.29, 1.82) is 0 Å². The van der Waals surface area contributed by atoms with E-state index in [1.165, 1.54) is 17.7 Å². The van der Waals surface area contributed by atoms with Gasteiger partial charge in [0.2, 0.25) is 0 Å². The summed E-state index contributed by atoms with van der Waals surface area (Å²) in [5.41, 5.74) is 9.61. The molecule has 29 heavy (non-hydrogen) atoms. The van der Waals surface area contributed by atoms with Gasteiger partial charge in [0, 0.05) is 50.8 Å². The van der Waals surface area contributed by atoms with Crippen LogP contribution in [0.5, 0.6) is 0 Å². The average molecular weight is 392 g/mol. The highest BCUT2D eigenvalue weighted by Gasteiger charge is 2.18. The molecular weight excluding hydrogens is 367 g/mol. The Morgan fingerprint density at radius 2 is 1.66 bits per heavy atom. The molecule has 150 valence electrons. The summed E-state index contributed by atoms with van der Waals surface area (Å²) in [5.74, 6) is 0.366. The van der Waals surface area contributed by atoms with Gasteiger partial charge in [0.05, 0.1) is 12.9 Å². The fraction of sp³-hybridized carbons (Fsp3) is 0.273. The van der Waals surface area contributed by atoms with Gasteiger partial charge in [-0.25, -0.2) is 14.4 Å². The summed E-state index contributed by atoms with van der Waals surface area (Å²) in [5, 5.41) is 0. The van der Waals surface area contributed by atoms with Gasteiger partial charge in [0.1, 0.15) is 5.82 Å². The SMILES string of the molecule is NC(=NCc1ccc(Cn2ccnc2)cc1)N1CCN(c2ccc(F)cc2)CC1. The molecule has 0 amide bonds. The van der Waals surface area contributed by atoms with E-state index in [1.54, 1.807) is 6.20 Å². The molecule has 1 aliphatic heterocycles. The first kappa shape index (κ1) is 19.0. The van der Waals surface area contributed by atoms with Gasteiger partial charge in [0.25, 0.3) is 0 Å². The molecule has 1 fully saturated rings. The summed E-state index contributed by atoms with van der Waals surface area (Å²) in [6.45, 7) is 4.65. The van der Waals surface area contributed by atoms with Crippen molar-refractivity contribution >= 4 is 11.6 Å². The van der Waals surface area contributed by atoms with Crippen molar-refractivity contribution in [3.05, 3.63) is 84.2 Å². The van der Waals surface area contributed by atoms with E-state index in [0.717, 1.165) is 44.0 Å². The molecule has 2 N–H and O–H groups in total. The summed E-state index contributed by atoms with van der Waals surface area (Å²) in [6.07, 6.45) is 5.55. The number of rotatable bonds is 5. The van der Waals surface area contributed by atoms with Crippen LogP contribution in [0.25, 0.3) is 0 Å². The van der Waals surface area contributed by atoms with Gasteiger partial charge in [-0.1, -0.05) is 24.3 Å². The summed E-state index contributed by atoms with van der Waals surface area (Å²) < 4.78 is 15.1. The number of piperazine rings is 1. The third kappa shape index (κ3) is 4.93. The molecule has 6 nitrogen and oxygen atoms in total. The first-order valence-corrected chi connectivity index (χ1v) is 9.76. The van der Waals surface area contributed by atoms with E-state index < -0.39 is 0 Å². The van der Waals surface area contributed by atoms with Crippen molar-refractivity contribution in [2.45, 2.75) is 13.1 Å². The topological polar surface area (TPSA) is 62.7 Å². The lowest BCUT2D eigenvalue weighted by Crippen LogP contribution is -2.51. The lowest BCUT2D eigenvalue weighted by Gasteiger charge is -2.36. The highest BCUT2D eigenvalue weighted by molar-refractivity contribution is 5.78. The van der Waals surface area contributed by atoms with Gasteiger partial charge in [-0.2, -0.15) is 0 Å². The highest BCUT2D eigenvalue weighted by atomic mass is 19.1. The number of nitrogens with two attached hydrogens (primary N) is 1. The van der Waals surface area contributed by atoms with Crippen LogP contribution in [0.15, 0.2) is 72.2 Å². The van der Waals surface area contributed by atoms with E-state index in [1.807, 2.05) is 29.2 Å². The van der Waals surface area contributed by atoms with Crippen molar-refractivity contribution in [2.24, 2.45) is 10.7 Å². The van der Waals surface area contributed by atoms with Crippen LogP contribution in [0.4, 0.5) is 10.1 Å². The van der Waals surface area contributed by atoms with Crippen molar-refractivity contribution in [1.82, 2.24) is 14.5 Å². The predicted octanol–water partition coefficient (Wildman–Crippen LogP) is 2.71. The highest BCUT2D eigenvalue weighted by Crippen LogP contribution is 2.17. The Kier molecular flexibility index (Phi) is 5.74. The van der Waals surface area contributed by atoms with Gasteiger partial charge in [-0.15, -0.1) is 0 Å². The zero-order valence-electron chi connectivity index (χ0n) is 16.3. The molecule has 0 saturated carbocycles. The summed E-state index contributed by atoms with van der Waals surface area (Å²) >= 11 is 0. The third-order valence-corrected chi connectivity index (χ3v) is 5.17. The van der Waals surface area contributed by atoms with Crippen molar-refractivity contribution in [3.63, 3.8) is 0 Å². The number of anilines is 1. The minimum atomic E-state index is -0.210. The monoisotopic (exact) mass is 392 g/mol. The number of benzene rings is 2. The number of aromatic nitrogens is 2. The maximum absolute atomic E-state index is 13.1. The number of halogens is 1. The van der Waals surface area contributed by atoms with Gasteiger partial charge in [0.15, 0.2) is 5.96 Å². The van der Waals surface area contributed by atoms with E-state index >= 15 is 0 Å². The number of aliphatic imine (C=N–C) groups is 1. The van der Waals surface area contributed by atoms with E-state index in [2.05, 4.69) is 44.0 Å². The molecule has 2 heterocycles. The molecule has 1 aliphatic rings. The first-order valence-electron chi connectivity index (χ1n) is 9.76. The zero-order valence-corrected chi connectivity index (χ0v) is 16.3. The Balaban J connectivity index is 1.28. The number of hydrogen-bond donors (Lipinski definition) is 1. The second-order valence-electron chi connectivity index (χ2n) is 7.18. The molecule has 4 rings (SSSR count). The third-order valence-electron chi connectivity index (χ3n) is 5.17. The van der Waals surface area contributed by atoms with Crippen LogP contribution in [0.3, 0.4) is 0 Å². The number of hydrogen-bond acceptors (Lipinski definition) is 3. The molecule has 0 atom stereocenters. The summed E-state index contributed by atoms with van der Waals surface area (Å²) in [7, 11) is 0. The molecule has 0 aliphatic carbocycles. The Hall–Kier alpha value is -3.35. The lowest BCUT2D eigenvalue weighted by atomic mass is 10.1. The van der Waals surface area contributed by atoms with Crippen molar-refractivity contribution in [3.8, 4) is 0 Å². The minimum Gasteiger partial charge on any atom is -0.370 e. The summed E-state index contributed by atoms with van der Waals surface area (Å²) in [6, 6.07) is 15.0. The zero-order chi connectivity index (χ0) is 20.1. The molecule has 0 spiro atoms. The van der Waals surface area contributed by atoms with E-state index in [-0.39, 0.29) is 5.82 Å². The van der Waals surface area contributed by atoms with Gasteiger partial charge >= 0.3 is 0 Å². The molecule has 0 unspecified atom stereocenters. The number of guanidine groups is 1. The molecule has 1 saturated heterocycles. The fourth-order valence-electron chi connectivity index (χ4n) is 3.46. The van der Waals surface area contributed by atoms with Crippen LogP contribution in [0.2, 0.25) is 0 Å². The Morgan fingerprint density at radius 1 is 0.966 bits per heavy atom. The van der Waals surface area contributed by atoms with Gasteiger partial charge in [-0.3, -0.25) is 0 Å². The molecular formula is C22H25FN6. The van der Waals surface area contributed by atoms with Crippen LogP contribution in [0.1, 0.15) is 11.1 Å². The molecule has 3 aromatic rings. The molecule has 2 aromatic carbocycles. The van der Waals surface area contributed by atoms with E-state index in [0.29, 0.717) is 12.5 Å². The standard InChI is InChI=1S/C22H25FN6/c23-20-5-7-21(8-6-20)28-11-13-29(14-12-28)22(24)26-15-18-1-3-19(4-2-18)16-27-10-9-25-17-27/h1-10,17H,11-16H2,(H2,24,26). The van der Waals surface area contributed by atoms with Gasteiger partial charge in [-0.05, 0) is 35.4 Å². The molecule has 1 aromatic heterocycles. The smallest absolute Gasteiger partial charge is 0.191 e. The van der Waals surface area contributed by atoms with Crippen molar-refractivity contribution in [2.75, 3.05) is 31.1 Å². The quantitative estimate of drug-likeness (QED) is 0.536. The van der Waals surface area contributed by atoms with E-state index in [9.17, 15) is 4.39 Å². The summed E-state index contributed by atoms with van der Waals surface area (Å²) in [4.78, 5) is 13.0. The molecule has 0 bridgehead atoms. The van der Waals surface area contributed by atoms with Crippen molar-refractivity contribution < 1.29 is 4.39 Å². The minimum absolute atomic E-state index is 0.210. The Morgan fingerprint density at radius 3 is 2.31 bits per heavy atom. The fourth-order valence-corrected chi connectivity index (χ4v) is 3.46. The van der Waals surface area contributed by atoms with Gasteiger partial charge < -0.3 is 20.1 Å². The van der Waals surface area contributed by atoms with Crippen LogP contribution in [-0.2, 0) is 13.1 Å².